The van der Waals surface area contributed by atoms with E-state index in [1.165, 1.54) is 12.1 Å². The molecule has 0 saturated heterocycles. The van der Waals surface area contributed by atoms with Crippen LogP contribution in [0.2, 0.25) is 5.15 Å². The number of hydrogen-bond donors (Lipinski definition) is 1. The third-order valence-corrected chi connectivity index (χ3v) is 2.83. The van der Waals surface area contributed by atoms with Gasteiger partial charge in [-0.05, 0) is 18.6 Å². The Bertz CT molecular complexity index is 578. The summed E-state index contributed by atoms with van der Waals surface area (Å²) in [4.78, 5) is 11.9. The minimum atomic E-state index is -0.282. The summed E-state index contributed by atoms with van der Waals surface area (Å²) < 4.78 is 1.74. The van der Waals surface area contributed by atoms with Gasteiger partial charge in [-0.2, -0.15) is 5.10 Å². The highest BCUT2D eigenvalue weighted by Gasteiger charge is 2.10. The van der Waals surface area contributed by atoms with Crippen LogP contribution in [0, 0.1) is 0 Å². The molecule has 2 aromatic heterocycles. The summed E-state index contributed by atoms with van der Waals surface area (Å²) in [6.45, 7) is 2.44. The highest BCUT2D eigenvalue weighted by Crippen LogP contribution is 2.07. The van der Waals surface area contributed by atoms with Gasteiger partial charge in [0.2, 0.25) is 0 Å². The van der Waals surface area contributed by atoms with Crippen molar-refractivity contribution in [1.82, 2.24) is 25.3 Å². The van der Waals surface area contributed by atoms with Gasteiger partial charge in [0.25, 0.3) is 5.91 Å². The lowest BCUT2D eigenvalue weighted by Crippen LogP contribution is -2.24. The van der Waals surface area contributed by atoms with Crippen LogP contribution in [0.3, 0.4) is 0 Å². The van der Waals surface area contributed by atoms with Crippen molar-refractivity contribution in [3.8, 4) is 0 Å². The highest BCUT2D eigenvalue weighted by atomic mass is 35.5. The van der Waals surface area contributed by atoms with Gasteiger partial charge in [-0.3, -0.25) is 9.48 Å². The van der Waals surface area contributed by atoms with Gasteiger partial charge in [0, 0.05) is 25.4 Å². The lowest BCUT2D eigenvalue weighted by Gasteiger charge is -2.03. The molecular formula is C12H14ClN5O. The molecule has 0 spiro atoms. The summed E-state index contributed by atoms with van der Waals surface area (Å²) in [7, 11) is 1.86. The molecule has 2 heterocycles. The Morgan fingerprint density at radius 3 is 2.84 bits per heavy atom. The van der Waals surface area contributed by atoms with Crippen LogP contribution in [0.15, 0.2) is 18.3 Å². The number of amides is 1. The first-order chi connectivity index (χ1) is 9.10. The zero-order valence-corrected chi connectivity index (χ0v) is 11.5. The van der Waals surface area contributed by atoms with Gasteiger partial charge in [-0.25, -0.2) is 0 Å². The molecule has 0 aliphatic rings. The fourth-order valence-corrected chi connectivity index (χ4v) is 1.83. The van der Waals surface area contributed by atoms with Crippen LogP contribution in [0.1, 0.15) is 28.7 Å². The van der Waals surface area contributed by atoms with E-state index >= 15 is 0 Å². The standard InChI is InChI=1S/C12H14ClN5O/c1-3-9-8(7-18(2)17-9)6-14-12(19)10-4-5-11(13)16-15-10/h4-5,7H,3,6H2,1-2H3,(H,14,19). The summed E-state index contributed by atoms with van der Waals surface area (Å²) in [5.41, 5.74) is 2.22. The fourth-order valence-electron chi connectivity index (χ4n) is 1.73. The zero-order valence-electron chi connectivity index (χ0n) is 10.7. The molecule has 0 radical (unpaired) electrons. The van der Waals surface area contributed by atoms with Gasteiger partial charge in [0.1, 0.15) is 0 Å². The van der Waals surface area contributed by atoms with E-state index in [0.717, 1.165) is 17.7 Å². The molecule has 0 bridgehead atoms. The van der Waals surface area contributed by atoms with E-state index < -0.39 is 0 Å². The van der Waals surface area contributed by atoms with Crippen LogP contribution >= 0.6 is 11.6 Å². The molecule has 0 unspecified atom stereocenters. The summed E-state index contributed by atoms with van der Waals surface area (Å²) in [6.07, 6.45) is 2.72. The van der Waals surface area contributed by atoms with Crippen molar-refractivity contribution in [2.24, 2.45) is 7.05 Å². The van der Waals surface area contributed by atoms with Gasteiger partial charge < -0.3 is 5.32 Å². The molecule has 0 aliphatic carbocycles. The second-order valence-corrected chi connectivity index (χ2v) is 4.44. The van der Waals surface area contributed by atoms with Gasteiger partial charge in [-0.1, -0.05) is 18.5 Å². The van der Waals surface area contributed by atoms with E-state index in [2.05, 4.69) is 20.6 Å². The lowest BCUT2D eigenvalue weighted by molar-refractivity contribution is 0.0945. The van der Waals surface area contributed by atoms with E-state index in [1.807, 2.05) is 20.2 Å². The predicted octanol–water partition coefficient (Wildman–Crippen LogP) is 1.36. The van der Waals surface area contributed by atoms with Gasteiger partial charge in [0.15, 0.2) is 10.8 Å². The van der Waals surface area contributed by atoms with Gasteiger partial charge >= 0.3 is 0 Å². The molecule has 2 rings (SSSR count). The second-order valence-electron chi connectivity index (χ2n) is 4.05. The molecule has 2 aromatic rings. The third-order valence-electron chi connectivity index (χ3n) is 2.63. The molecule has 6 nitrogen and oxygen atoms in total. The van der Waals surface area contributed by atoms with Crippen LogP contribution in [-0.2, 0) is 20.0 Å². The lowest BCUT2D eigenvalue weighted by atomic mass is 10.2. The molecular weight excluding hydrogens is 266 g/mol. The number of carbonyl (C=O) groups is 1. The van der Waals surface area contributed by atoms with Crippen LogP contribution in [-0.4, -0.2) is 25.9 Å². The second kappa shape index (κ2) is 5.79. The molecule has 0 atom stereocenters. The maximum absolute atomic E-state index is 11.9. The van der Waals surface area contributed by atoms with Crippen molar-refractivity contribution in [2.75, 3.05) is 0 Å². The Kier molecular flexibility index (Phi) is 4.11. The first kappa shape index (κ1) is 13.5. The summed E-state index contributed by atoms with van der Waals surface area (Å²) >= 11 is 5.62. The molecule has 19 heavy (non-hydrogen) atoms. The summed E-state index contributed by atoms with van der Waals surface area (Å²) in [5, 5.41) is 14.7. The smallest absolute Gasteiger partial charge is 0.272 e. The predicted molar refractivity (Wildman–Crippen MR) is 70.8 cm³/mol. The number of nitrogens with zero attached hydrogens (tertiary/aromatic N) is 4. The number of hydrogen-bond acceptors (Lipinski definition) is 4. The van der Waals surface area contributed by atoms with Crippen molar-refractivity contribution >= 4 is 17.5 Å². The number of carbonyl (C=O) groups excluding carboxylic acids is 1. The normalized spacial score (nSPS) is 10.5. The first-order valence-electron chi connectivity index (χ1n) is 5.89. The van der Waals surface area contributed by atoms with Crippen molar-refractivity contribution in [1.29, 1.82) is 0 Å². The Morgan fingerprint density at radius 2 is 2.21 bits per heavy atom. The average molecular weight is 280 g/mol. The summed E-state index contributed by atoms with van der Waals surface area (Å²) in [5.74, 6) is -0.282. The van der Waals surface area contributed by atoms with Crippen LogP contribution in [0.4, 0.5) is 0 Å². The molecule has 1 N–H and O–H groups in total. The molecule has 7 heteroatoms. The third kappa shape index (κ3) is 3.29. The van der Waals surface area contributed by atoms with Gasteiger partial charge in [0.05, 0.1) is 5.69 Å². The van der Waals surface area contributed by atoms with E-state index in [0.29, 0.717) is 6.54 Å². The van der Waals surface area contributed by atoms with Gasteiger partial charge in [-0.15, -0.1) is 10.2 Å². The Balaban J connectivity index is 2.02. The number of rotatable bonds is 4. The SMILES string of the molecule is CCc1nn(C)cc1CNC(=O)c1ccc(Cl)nn1. The molecule has 0 fully saturated rings. The van der Waals surface area contributed by atoms with Crippen LogP contribution in [0.5, 0.6) is 0 Å². The minimum Gasteiger partial charge on any atom is -0.346 e. The van der Waals surface area contributed by atoms with Crippen LogP contribution < -0.4 is 5.32 Å². The first-order valence-corrected chi connectivity index (χ1v) is 6.26. The largest absolute Gasteiger partial charge is 0.346 e. The van der Waals surface area contributed by atoms with E-state index in [1.54, 1.807) is 4.68 Å². The quantitative estimate of drug-likeness (QED) is 0.917. The van der Waals surface area contributed by atoms with Crippen molar-refractivity contribution in [3.63, 3.8) is 0 Å². The molecule has 0 saturated carbocycles. The molecule has 100 valence electrons. The summed E-state index contributed by atoms with van der Waals surface area (Å²) in [6, 6.07) is 3.07. The maximum atomic E-state index is 11.9. The molecule has 0 aromatic carbocycles. The Labute approximate surface area is 115 Å². The monoisotopic (exact) mass is 279 g/mol. The Hall–Kier alpha value is -1.95. The van der Waals surface area contributed by atoms with Crippen LogP contribution in [0.25, 0.3) is 0 Å². The van der Waals surface area contributed by atoms with Crippen molar-refractivity contribution < 1.29 is 4.79 Å². The van der Waals surface area contributed by atoms with E-state index in [9.17, 15) is 4.79 Å². The number of aryl methyl sites for hydroxylation is 2. The average Bonchev–Trinajstić information content (AvgIpc) is 2.77. The zero-order chi connectivity index (χ0) is 13.8. The maximum Gasteiger partial charge on any atom is 0.272 e. The molecule has 0 aliphatic heterocycles. The van der Waals surface area contributed by atoms with E-state index in [4.69, 9.17) is 11.6 Å². The highest BCUT2D eigenvalue weighted by molar-refractivity contribution is 6.29. The molecule has 1 amide bonds. The Morgan fingerprint density at radius 1 is 1.42 bits per heavy atom. The van der Waals surface area contributed by atoms with Crippen molar-refractivity contribution in [2.45, 2.75) is 19.9 Å². The van der Waals surface area contributed by atoms with E-state index in [-0.39, 0.29) is 16.8 Å². The number of halogens is 1. The minimum absolute atomic E-state index is 0.242. The topological polar surface area (TPSA) is 72.7 Å². The number of aromatic nitrogens is 4. The number of nitrogens with one attached hydrogen (secondary N) is 1. The van der Waals surface area contributed by atoms with Crippen molar-refractivity contribution in [3.05, 3.63) is 40.4 Å². The fraction of sp³-hybridized carbons (Fsp3) is 0.333.